The average molecular weight is 391 g/mol. The average Bonchev–Trinajstić information content (AvgIpc) is 3.39. The van der Waals surface area contributed by atoms with E-state index >= 15 is 0 Å². The number of amides is 1. The molecule has 150 valence electrons. The zero-order valence-corrected chi connectivity index (χ0v) is 16.4. The molecule has 0 spiro atoms. The van der Waals surface area contributed by atoms with Gasteiger partial charge in [-0.25, -0.2) is 0 Å². The Bertz CT molecular complexity index is 1020. The number of hydrogen-bond donors (Lipinski definition) is 0. The molecule has 2 aliphatic heterocycles. The van der Waals surface area contributed by atoms with Gasteiger partial charge in [-0.1, -0.05) is 24.3 Å². The molecule has 0 bridgehead atoms. The highest BCUT2D eigenvalue weighted by atomic mass is 16.7. The number of carbonyl (C=O) groups is 1. The maximum absolute atomic E-state index is 12.7. The van der Waals surface area contributed by atoms with Gasteiger partial charge in [0.1, 0.15) is 0 Å². The van der Waals surface area contributed by atoms with Crippen LogP contribution in [0.5, 0.6) is 11.5 Å². The highest BCUT2D eigenvalue weighted by Gasteiger charge is 2.22. The van der Waals surface area contributed by atoms with Crippen molar-refractivity contribution in [1.29, 1.82) is 0 Å². The SMILES string of the molecule is O=C(CCn1ccc2ccccc21)N1CCN(Cc2ccc3c(c2)OCO3)CC1. The van der Waals surface area contributed by atoms with E-state index in [9.17, 15) is 4.79 Å². The topological polar surface area (TPSA) is 46.9 Å². The summed E-state index contributed by atoms with van der Waals surface area (Å²) in [5.74, 6) is 1.89. The minimum absolute atomic E-state index is 0.241. The van der Waals surface area contributed by atoms with Crippen molar-refractivity contribution in [2.24, 2.45) is 0 Å². The van der Waals surface area contributed by atoms with E-state index in [0.717, 1.165) is 50.8 Å². The van der Waals surface area contributed by atoms with E-state index in [0.29, 0.717) is 13.2 Å². The lowest BCUT2D eigenvalue weighted by Gasteiger charge is -2.35. The predicted molar refractivity (Wildman–Crippen MR) is 111 cm³/mol. The van der Waals surface area contributed by atoms with Crippen molar-refractivity contribution in [2.45, 2.75) is 19.5 Å². The Morgan fingerprint density at radius 2 is 1.76 bits per heavy atom. The van der Waals surface area contributed by atoms with Gasteiger partial charge in [0, 0.05) is 57.4 Å². The fraction of sp³-hybridized carbons (Fsp3) is 0.348. The lowest BCUT2D eigenvalue weighted by molar-refractivity contribution is -0.133. The number of piperazine rings is 1. The van der Waals surface area contributed by atoms with Crippen molar-refractivity contribution in [3.63, 3.8) is 0 Å². The summed E-state index contributed by atoms with van der Waals surface area (Å²) in [5, 5.41) is 1.22. The molecule has 29 heavy (non-hydrogen) atoms. The number of para-hydroxylation sites is 1. The van der Waals surface area contributed by atoms with Crippen LogP contribution in [0.1, 0.15) is 12.0 Å². The first-order valence-electron chi connectivity index (χ1n) is 10.2. The summed E-state index contributed by atoms with van der Waals surface area (Å²) in [7, 11) is 0. The van der Waals surface area contributed by atoms with E-state index in [1.165, 1.54) is 16.5 Å². The molecule has 1 amide bonds. The van der Waals surface area contributed by atoms with Crippen LogP contribution in [0.2, 0.25) is 0 Å². The number of hydrogen-bond acceptors (Lipinski definition) is 4. The van der Waals surface area contributed by atoms with E-state index in [2.05, 4.69) is 46.0 Å². The number of aryl methyl sites for hydroxylation is 1. The Morgan fingerprint density at radius 3 is 2.66 bits per heavy atom. The van der Waals surface area contributed by atoms with Gasteiger partial charge in [-0.2, -0.15) is 0 Å². The second-order valence-corrected chi connectivity index (χ2v) is 7.66. The Kier molecular flexibility index (Phi) is 4.86. The molecular formula is C23H25N3O3. The van der Waals surface area contributed by atoms with E-state index in [1.807, 2.05) is 23.1 Å². The van der Waals surface area contributed by atoms with Gasteiger partial charge in [0.05, 0.1) is 0 Å². The van der Waals surface area contributed by atoms with Crippen LogP contribution in [-0.2, 0) is 17.9 Å². The third-order valence-corrected chi connectivity index (χ3v) is 5.81. The Balaban J connectivity index is 1.12. The van der Waals surface area contributed by atoms with Gasteiger partial charge in [-0.15, -0.1) is 0 Å². The molecule has 0 aliphatic carbocycles. The summed E-state index contributed by atoms with van der Waals surface area (Å²) in [4.78, 5) is 17.1. The van der Waals surface area contributed by atoms with Crippen LogP contribution in [0, 0.1) is 0 Å². The van der Waals surface area contributed by atoms with Gasteiger partial charge < -0.3 is 18.9 Å². The second kappa shape index (κ2) is 7.79. The monoisotopic (exact) mass is 391 g/mol. The fourth-order valence-corrected chi connectivity index (χ4v) is 4.16. The van der Waals surface area contributed by atoms with Gasteiger partial charge in [0.2, 0.25) is 12.7 Å². The van der Waals surface area contributed by atoms with Gasteiger partial charge in [-0.05, 0) is 35.2 Å². The highest BCUT2D eigenvalue weighted by molar-refractivity contribution is 5.80. The maximum Gasteiger partial charge on any atom is 0.231 e. The van der Waals surface area contributed by atoms with Gasteiger partial charge >= 0.3 is 0 Å². The molecular weight excluding hydrogens is 366 g/mol. The van der Waals surface area contributed by atoms with E-state index < -0.39 is 0 Å². The summed E-state index contributed by atoms with van der Waals surface area (Å²) >= 11 is 0. The number of carbonyl (C=O) groups excluding carboxylic acids is 1. The number of ether oxygens (including phenoxy) is 2. The largest absolute Gasteiger partial charge is 0.454 e. The molecule has 0 N–H and O–H groups in total. The van der Waals surface area contributed by atoms with Crippen LogP contribution in [-0.4, -0.2) is 53.2 Å². The third-order valence-electron chi connectivity index (χ3n) is 5.81. The van der Waals surface area contributed by atoms with Crippen molar-refractivity contribution in [1.82, 2.24) is 14.4 Å². The highest BCUT2D eigenvalue weighted by Crippen LogP contribution is 2.32. The van der Waals surface area contributed by atoms with E-state index in [4.69, 9.17) is 9.47 Å². The first-order valence-corrected chi connectivity index (χ1v) is 10.2. The lowest BCUT2D eigenvalue weighted by atomic mass is 10.1. The molecule has 2 aromatic carbocycles. The standard InChI is InChI=1S/C23H25N3O3/c27-23(8-10-25-9-7-19-3-1-2-4-20(19)25)26-13-11-24(12-14-26)16-18-5-6-21-22(15-18)29-17-28-21/h1-7,9,15H,8,10-14,16-17H2. The fourth-order valence-electron chi connectivity index (χ4n) is 4.16. The molecule has 0 saturated carbocycles. The molecule has 6 heteroatoms. The number of benzene rings is 2. The van der Waals surface area contributed by atoms with Gasteiger partial charge in [0.15, 0.2) is 11.5 Å². The molecule has 0 atom stereocenters. The lowest BCUT2D eigenvalue weighted by Crippen LogP contribution is -2.48. The molecule has 0 radical (unpaired) electrons. The zero-order chi connectivity index (χ0) is 19.6. The molecule has 1 saturated heterocycles. The van der Waals surface area contributed by atoms with Gasteiger partial charge in [-0.3, -0.25) is 9.69 Å². The molecule has 1 fully saturated rings. The van der Waals surface area contributed by atoms with E-state index in [1.54, 1.807) is 0 Å². The van der Waals surface area contributed by atoms with Crippen molar-refractivity contribution >= 4 is 16.8 Å². The van der Waals surface area contributed by atoms with Crippen molar-refractivity contribution in [3.8, 4) is 11.5 Å². The van der Waals surface area contributed by atoms with Crippen LogP contribution in [0.3, 0.4) is 0 Å². The van der Waals surface area contributed by atoms with Crippen LogP contribution in [0.15, 0.2) is 54.7 Å². The Hall–Kier alpha value is -2.99. The normalized spacial score (nSPS) is 16.5. The number of rotatable bonds is 5. The minimum Gasteiger partial charge on any atom is -0.454 e. The second-order valence-electron chi connectivity index (χ2n) is 7.66. The minimum atomic E-state index is 0.241. The first-order chi connectivity index (χ1) is 14.3. The zero-order valence-electron chi connectivity index (χ0n) is 16.4. The molecule has 5 rings (SSSR count). The smallest absolute Gasteiger partial charge is 0.231 e. The quantitative estimate of drug-likeness (QED) is 0.671. The predicted octanol–water partition coefficient (Wildman–Crippen LogP) is 3.10. The summed E-state index contributed by atoms with van der Waals surface area (Å²) in [5.41, 5.74) is 2.40. The van der Waals surface area contributed by atoms with E-state index in [-0.39, 0.29) is 5.91 Å². The molecule has 0 unspecified atom stereocenters. The third kappa shape index (κ3) is 3.80. The van der Waals surface area contributed by atoms with Crippen molar-refractivity contribution in [2.75, 3.05) is 33.0 Å². The van der Waals surface area contributed by atoms with Crippen molar-refractivity contribution < 1.29 is 14.3 Å². The summed E-state index contributed by atoms with van der Waals surface area (Å²) in [6.07, 6.45) is 2.61. The summed E-state index contributed by atoms with van der Waals surface area (Å²) in [6.45, 7) is 5.26. The maximum atomic E-state index is 12.7. The molecule has 6 nitrogen and oxygen atoms in total. The molecule has 3 aromatic rings. The number of fused-ring (bicyclic) bond motifs is 2. The summed E-state index contributed by atoms with van der Waals surface area (Å²) in [6, 6.07) is 16.5. The van der Waals surface area contributed by atoms with Crippen LogP contribution in [0.4, 0.5) is 0 Å². The van der Waals surface area contributed by atoms with Gasteiger partial charge in [0.25, 0.3) is 0 Å². The Morgan fingerprint density at radius 1 is 0.931 bits per heavy atom. The first kappa shape index (κ1) is 18.1. The van der Waals surface area contributed by atoms with Crippen molar-refractivity contribution in [3.05, 3.63) is 60.3 Å². The van der Waals surface area contributed by atoms with Crippen LogP contribution >= 0.6 is 0 Å². The summed E-state index contributed by atoms with van der Waals surface area (Å²) < 4.78 is 13.0. The molecule has 2 aliphatic rings. The number of aromatic nitrogens is 1. The Labute approximate surface area is 170 Å². The number of nitrogens with zero attached hydrogens (tertiary/aromatic N) is 3. The van der Waals surface area contributed by atoms with Crippen LogP contribution < -0.4 is 9.47 Å². The molecule has 1 aromatic heterocycles. The van der Waals surface area contributed by atoms with Crippen LogP contribution in [0.25, 0.3) is 10.9 Å². The molecule has 3 heterocycles.